The van der Waals surface area contributed by atoms with Crippen molar-refractivity contribution in [1.29, 1.82) is 0 Å². The van der Waals surface area contributed by atoms with Crippen molar-refractivity contribution < 1.29 is 17.9 Å². The molecule has 2 heterocycles. The molecule has 2 aliphatic heterocycles. The number of amides is 1. The SMILES string of the molecule is O=C(CCc1ccc(S(=O)(=O)N2CCOCC2)cc1)NCc1ccc(N2CCCC2)cc1. The topological polar surface area (TPSA) is 79.0 Å². The molecule has 0 bridgehead atoms. The average Bonchev–Trinajstić information content (AvgIpc) is 3.38. The number of benzene rings is 2. The summed E-state index contributed by atoms with van der Waals surface area (Å²) >= 11 is 0. The van der Waals surface area contributed by atoms with Gasteiger partial charge in [0.1, 0.15) is 0 Å². The lowest BCUT2D eigenvalue weighted by Crippen LogP contribution is -2.40. The number of rotatable bonds is 8. The van der Waals surface area contributed by atoms with Crippen LogP contribution in [-0.2, 0) is 32.5 Å². The van der Waals surface area contributed by atoms with Crippen molar-refractivity contribution >= 4 is 21.6 Å². The summed E-state index contributed by atoms with van der Waals surface area (Å²) in [5.74, 6) is -0.0152. The van der Waals surface area contributed by atoms with Crippen molar-refractivity contribution in [1.82, 2.24) is 9.62 Å². The molecule has 2 aromatic carbocycles. The van der Waals surface area contributed by atoms with Crippen molar-refractivity contribution in [2.45, 2.75) is 37.1 Å². The molecule has 2 saturated heterocycles. The fourth-order valence-corrected chi connectivity index (χ4v) is 5.52. The van der Waals surface area contributed by atoms with E-state index >= 15 is 0 Å². The van der Waals surface area contributed by atoms with Crippen LogP contribution in [0.1, 0.15) is 30.4 Å². The van der Waals surface area contributed by atoms with Crippen LogP contribution >= 0.6 is 0 Å². The molecular weight excluding hydrogens is 426 g/mol. The molecule has 0 radical (unpaired) electrons. The lowest BCUT2D eigenvalue weighted by molar-refractivity contribution is -0.121. The highest BCUT2D eigenvalue weighted by Gasteiger charge is 2.26. The van der Waals surface area contributed by atoms with Crippen molar-refractivity contribution in [2.75, 3.05) is 44.3 Å². The van der Waals surface area contributed by atoms with Gasteiger partial charge in [-0.05, 0) is 54.7 Å². The first kappa shape index (κ1) is 22.8. The number of anilines is 1. The van der Waals surface area contributed by atoms with E-state index < -0.39 is 10.0 Å². The van der Waals surface area contributed by atoms with E-state index in [0.717, 1.165) is 24.2 Å². The smallest absolute Gasteiger partial charge is 0.243 e. The maximum absolute atomic E-state index is 12.7. The molecular formula is C24H31N3O4S. The summed E-state index contributed by atoms with van der Waals surface area (Å²) in [4.78, 5) is 14.9. The van der Waals surface area contributed by atoms with E-state index in [9.17, 15) is 13.2 Å². The summed E-state index contributed by atoms with van der Waals surface area (Å²) in [7, 11) is -3.49. The molecule has 0 aliphatic carbocycles. The summed E-state index contributed by atoms with van der Waals surface area (Å²) < 4.78 is 32.1. The maximum Gasteiger partial charge on any atom is 0.243 e. The number of hydrogen-bond acceptors (Lipinski definition) is 5. The van der Waals surface area contributed by atoms with Crippen LogP contribution in [-0.4, -0.2) is 58.0 Å². The Morgan fingerprint density at radius 1 is 0.875 bits per heavy atom. The molecule has 0 saturated carbocycles. The number of sulfonamides is 1. The zero-order valence-corrected chi connectivity index (χ0v) is 19.1. The van der Waals surface area contributed by atoms with Crippen molar-refractivity contribution in [3.8, 4) is 0 Å². The van der Waals surface area contributed by atoms with Crippen molar-refractivity contribution in [3.05, 3.63) is 59.7 Å². The van der Waals surface area contributed by atoms with Crippen LogP contribution in [0.25, 0.3) is 0 Å². The van der Waals surface area contributed by atoms with Gasteiger partial charge in [-0.3, -0.25) is 4.79 Å². The van der Waals surface area contributed by atoms with Crippen LogP contribution in [0.15, 0.2) is 53.4 Å². The monoisotopic (exact) mass is 457 g/mol. The minimum Gasteiger partial charge on any atom is -0.379 e. The molecule has 0 aromatic heterocycles. The van der Waals surface area contributed by atoms with E-state index in [-0.39, 0.29) is 10.8 Å². The third kappa shape index (κ3) is 5.68. The molecule has 0 spiro atoms. The minimum absolute atomic E-state index is 0.0152. The summed E-state index contributed by atoms with van der Waals surface area (Å²) in [6, 6.07) is 15.2. The van der Waals surface area contributed by atoms with E-state index in [1.807, 2.05) is 0 Å². The van der Waals surface area contributed by atoms with Crippen molar-refractivity contribution in [2.24, 2.45) is 0 Å². The van der Waals surface area contributed by atoms with E-state index in [4.69, 9.17) is 4.74 Å². The third-order valence-corrected chi connectivity index (χ3v) is 7.98. The Kier molecular flexibility index (Phi) is 7.44. The number of aryl methyl sites for hydroxylation is 1. The predicted molar refractivity (Wildman–Crippen MR) is 124 cm³/mol. The van der Waals surface area contributed by atoms with Crippen molar-refractivity contribution in [3.63, 3.8) is 0 Å². The number of nitrogens with zero attached hydrogens (tertiary/aromatic N) is 2. The Morgan fingerprint density at radius 2 is 1.50 bits per heavy atom. The molecule has 1 N–H and O–H groups in total. The Morgan fingerprint density at radius 3 is 2.16 bits per heavy atom. The quantitative estimate of drug-likeness (QED) is 0.659. The molecule has 172 valence electrons. The highest BCUT2D eigenvalue weighted by Crippen LogP contribution is 2.21. The Hall–Kier alpha value is -2.42. The van der Waals surface area contributed by atoms with Crippen LogP contribution in [0.3, 0.4) is 0 Å². The summed E-state index contributed by atoms with van der Waals surface area (Å²) in [6.07, 6.45) is 3.44. The summed E-state index contributed by atoms with van der Waals surface area (Å²) in [6.45, 7) is 4.36. The van der Waals surface area contributed by atoms with Gasteiger partial charge in [0.2, 0.25) is 15.9 Å². The largest absolute Gasteiger partial charge is 0.379 e. The molecule has 2 fully saturated rings. The molecule has 4 rings (SSSR count). The maximum atomic E-state index is 12.7. The van der Waals surface area contributed by atoms with Gasteiger partial charge in [0.05, 0.1) is 18.1 Å². The molecule has 0 atom stereocenters. The van der Waals surface area contributed by atoms with Gasteiger partial charge in [0.15, 0.2) is 0 Å². The lowest BCUT2D eigenvalue weighted by atomic mass is 10.1. The standard InChI is InChI=1S/C24H31N3O4S/c28-24(25-19-21-3-8-22(9-4-21)26-13-1-2-14-26)12-7-20-5-10-23(11-6-20)32(29,30)27-15-17-31-18-16-27/h3-6,8-11H,1-2,7,12-19H2,(H,25,28). The predicted octanol–water partition coefficient (Wildman–Crippen LogP) is 2.56. The number of nitrogens with one attached hydrogen (secondary N) is 1. The third-order valence-electron chi connectivity index (χ3n) is 6.07. The Bertz CT molecular complexity index is 995. The fourth-order valence-electron chi connectivity index (χ4n) is 4.11. The molecule has 1 amide bonds. The normalized spacial score (nSPS) is 17.4. The highest BCUT2D eigenvalue weighted by molar-refractivity contribution is 7.89. The second-order valence-electron chi connectivity index (χ2n) is 8.30. The first-order valence-electron chi connectivity index (χ1n) is 11.3. The second kappa shape index (κ2) is 10.5. The zero-order valence-electron chi connectivity index (χ0n) is 18.3. The zero-order chi connectivity index (χ0) is 22.4. The Labute approximate surface area is 190 Å². The van der Waals surface area contributed by atoms with Gasteiger partial charge in [-0.1, -0.05) is 24.3 Å². The van der Waals surface area contributed by atoms with Gasteiger partial charge >= 0.3 is 0 Å². The second-order valence-corrected chi connectivity index (χ2v) is 10.2. The molecule has 0 unspecified atom stereocenters. The number of hydrogen-bond donors (Lipinski definition) is 1. The summed E-state index contributed by atoms with van der Waals surface area (Å²) in [5, 5.41) is 2.97. The average molecular weight is 458 g/mol. The van der Waals surface area contributed by atoms with E-state index in [1.54, 1.807) is 24.3 Å². The molecule has 2 aromatic rings. The minimum atomic E-state index is -3.49. The Balaban J connectivity index is 1.23. The molecule has 32 heavy (non-hydrogen) atoms. The van der Waals surface area contributed by atoms with E-state index in [2.05, 4.69) is 34.5 Å². The van der Waals surface area contributed by atoms with Gasteiger partial charge in [-0.15, -0.1) is 0 Å². The number of carbonyl (C=O) groups is 1. The number of ether oxygens (including phenoxy) is 1. The lowest BCUT2D eigenvalue weighted by Gasteiger charge is -2.26. The van der Waals surface area contributed by atoms with Gasteiger partial charge in [-0.2, -0.15) is 4.31 Å². The first-order chi connectivity index (χ1) is 15.5. The molecule has 8 heteroatoms. The van der Waals surface area contributed by atoms with Crippen LogP contribution in [0.5, 0.6) is 0 Å². The van der Waals surface area contributed by atoms with Gasteiger partial charge < -0.3 is 15.0 Å². The number of carbonyl (C=O) groups excluding carboxylic acids is 1. The van der Waals surface area contributed by atoms with E-state index in [1.165, 1.54) is 22.8 Å². The van der Waals surface area contributed by atoms with Crippen LogP contribution in [0.4, 0.5) is 5.69 Å². The van der Waals surface area contributed by atoms with E-state index in [0.29, 0.717) is 45.7 Å². The van der Waals surface area contributed by atoms with Gasteiger partial charge in [0, 0.05) is 44.8 Å². The molecule has 7 nitrogen and oxygen atoms in total. The molecule has 2 aliphatic rings. The van der Waals surface area contributed by atoms with Crippen LogP contribution in [0.2, 0.25) is 0 Å². The fraction of sp³-hybridized carbons (Fsp3) is 0.458. The highest BCUT2D eigenvalue weighted by atomic mass is 32.2. The van der Waals surface area contributed by atoms with Gasteiger partial charge in [-0.25, -0.2) is 8.42 Å². The van der Waals surface area contributed by atoms with Crippen LogP contribution in [0, 0.1) is 0 Å². The first-order valence-corrected chi connectivity index (χ1v) is 12.7. The summed E-state index contributed by atoms with van der Waals surface area (Å²) in [5.41, 5.74) is 3.27. The van der Waals surface area contributed by atoms with Gasteiger partial charge in [0.25, 0.3) is 0 Å². The van der Waals surface area contributed by atoms with Crippen LogP contribution < -0.4 is 10.2 Å². The number of morpholine rings is 1.